The molecule has 1 aliphatic carbocycles. The minimum absolute atomic E-state index is 0.0632. The Kier molecular flexibility index (Phi) is 3.44. The van der Waals surface area contributed by atoms with Crippen molar-refractivity contribution in [2.24, 2.45) is 13.0 Å². The van der Waals surface area contributed by atoms with Crippen LogP contribution in [0.1, 0.15) is 35.1 Å². The number of halogens is 1. The molecule has 3 rings (SSSR count). The first-order chi connectivity index (χ1) is 9.66. The Morgan fingerprint density at radius 1 is 1.50 bits per heavy atom. The summed E-state index contributed by atoms with van der Waals surface area (Å²) in [5.74, 6) is 1.16. The number of hydrogen-bond donors (Lipinski definition) is 1. The van der Waals surface area contributed by atoms with Crippen molar-refractivity contribution in [1.29, 1.82) is 0 Å². The highest BCUT2D eigenvalue weighted by Crippen LogP contribution is 2.40. The average molecular weight is 291 g/mol. The van der Waals surface area contributed by atoms with E-state index in [1.54, 1.807) is 18.5 Å². The van der Waals surface area contributed by atoms with Crippen LogP contribution in [-0.2, 0) is 7.05 Å². The first-order valence-electron chi connectivity index (χ1n) is 6.54. The van der Waals surface area contributed by atoms with Crippen LogP contribution in [-0.4, -0.2) is 20.4 Å². The van der Waals surface area contributed by atoms with Gasteiger partial charge in [-0.15, -0.1) is 0 Å². The standard InChI is InChI=1S/C14H15ClN4O/c1-19-7-6-17-13(19)12(9-2-3-9)18-14(20)10-4-5-16-8-11(10)15/h4-9,12H,2-3H2,1H3,(H,18,20)/t12-/m1/s1. The number of hydrogen-bond acceptors (Lipinski definition) is 3. The normalized spacial score (nSPS) is 15.9. The number of nitrogens with one attached hydrogen (secondary N) is 1. The third-order valence-electron chi connectivity index (χ3n) is 3.53. The van der Waals surface area contributed by atoms with E-state index in [1.807, 2.05) is 17.8 Å². The summed E-state index contributed by atoms with van der Waals surface area (Å²) in [6, 6.07) is 1.56. The lowest BCUT2D eigenvalue weighted by Gasteiger charge is -2.18. The van der Waals surface area contributed by atoms with Crippen molar-refractivity contribution >= 4 is 17.5 Å². The molecule has 2 heterocycles. The maximum Gasteiger partial charge on any atom is 0.253 e. The fraction of sp³-hybridized carbons (Fsp3) is 0.357. The number of carbonyl (C=O) groups excluding carboxylic acids is 1. The van der Waals surface area contributed by atoms with Crippen molar-refractivity contribution in [3.8, 4) is 0 Å². The SMILES string of the molecule is Cn1ccnc1[C@H](NC(=O)c1ccncc1Cl)C1CC1. The molecule has 0 bridgehead atoms. The average Bonchev–Trinajstić information content (AvgIpc) is 3.19. The van der Waals surface area contributed by atoms with Gasteiger partial charge in [-0.3, -0.25) is 9.78 Å². The first kappa shape index (κ1) is 13.1. The van der Waals surface area contributed by atoms with Crippen LogP contribution in [0.5, 0.6) is 0 Å². The third kappa shape index (κ3) is 2.54. The Morgan fingerprint density at radius 2 is 2.30 bits per heavy atom. The Morgan fingerprint density at radius 3 is 2.90 bits per heavy atom. The highest BCUT2D eigenvalue weighted by atomic mass is 35.5. The lowest BCUT2D eigenvalue weighted by molar-refractivity contribution is 0.0929. The van der Waals surface area contributed by atoms with E-state index in [0.29, 0.717) is 16.5 Å². The third-order valence-corrected chi connectivity index (χ3v) is 3.83. The van der Waals surface area contributed by atoms with Crippen LogP contribution in [0.2, 0.25) is 5.02 Å². The van der Waals surface area contributed by atoms with E-state index >= 15 is 0 Å². The predicted molar refractivity (Wildman–Crippen MR) is 75.4 cm³/mol. The van der Waals surface area contributed by atoms with E-state index in [-0.39, 0.29) is 11.9 Å². The number of carbonyl (C=O) groups is 1. The summed E-state index contributed by atoms with van der Waals surface area (Å²) in [6.07, 6.45) is 8.90. The molecule has 104 valence electrons. The van der Waals surface area contributed by atoms with Gasteiger partial charge in [0.05, 0.1) is 16.6 Å². The molecule has 0 spiro atoms. The largest absolute Gasteiger partial charge is 0.342 e. The predicted octanol–water partition coefficient (Wildman–Crippen LogP) is 2.35. The second-order valence-corrected chi connectivity index (χ2v) is 5.45. The van der Waals surface area contributed by atoms with Crippen molar-refractivity contribution in [2.75, 3.05) is 0 Å². The maximum absolute atomic E-state index is 12.4. The van der Waals surface area contributed by atoms with Gasteiger partial charge in [-0.1, -0.05) is 11.6 Å². The van der Waals surface area contributed by atoms with Crippen LogP contribution < -0.4 is 5.32 Å². The molecule has 2 aromatic rings. The van der Waals surface area contributed by atoms with E-state index in [9.17, 15) is 4.79 Å². The van der Waals surface area contributed by atoms with Gasteiger partial charge in [0.1, 0.15) is 5.82 Å². The highest BCUT2D eigenvalue weighted by Gasteiger charge is 2.36. The van der Waals surface area contributed by atoms with Crippen LogP contribution in [0, 0.1) is 5.92 Å². The topological polar surface area (TPSA) is 59.8 Å². The molecule has 2 aromatic heterocycles. The molecule has 1 saturated carbocycles. The van der Waals surface area contributed by atoms with Gasteiger partial charge in [-0.25, -0.2) is 4.98 Å². The van der Waals surface area contributed by atoms with E-state index in [0.717, 1.165) is 18.7 Å². The zero-order valence-electron chi connectivity index (χ0n) is 11.1. The molecule has 1 fully saturated rings. The van der Waals surface area contributed by atoms with Gasteiger partial charge < -0.3 is 9.88 Å². The van der Waals surface area contributed by atoms with Crippen LogP contribution in [0.3, 0.4) is 0 Å². The zero-order chi connectivity index (χ0) is 14.1. The lowest BCUT2D eigenvalue weighted by atomic mass is 10.1. The fourth-order valence-electron chi connectivity index (χ4n) is 2.28. The molecule has 1 aliphatic rings. The van der Waals surface area contributed by atoms with Crippen molar-refractivity contribution < 1.29 is 4.79 Å². The highest BCUT2D eigenvalue weighted by molar-refractivity contribution is 6.33. The number of pyridine rings is 1. The molecule has 0 unspecified atom stereocenters. The number of nitrogens with zero attached hydrogens (tertiary/aromatic N) is 3. The van der Waals surface area contributed by atoms with Gasteiger partial charge in [-0.2, -0.15) is 0 Å². The summed E-state index contributed by atoms with van der Waals surface area (Å²) < 4.78 is 1.94. The Balaban J connectivity index is 1.83. The van der Waals surface area contributed by atoms with E-state index in [2.05, 4.69) is 15.3 Å². The molecule has 20 heavy (non-hydrogen) atoms. The Bertz CT molecular complexity index is 636. The molecule has 1 N–H and O–H groups in total. The van der Waals surface area contributed by atoms with Gasteiger partial charge in [0.2, 0.25) is 0 Å². The van der Waals surface area contributed by atoms with Gasteiger partial charge in [-0.05, 0) is 24.8 Å². The van der Waals surface area contributed by atoms with Crippen molar-refractivity contribution in [3.05, 3.63) is 47.3 Å². The second-order valence-electron chi connectivity index (χ2n) is 5.04. The monoisotopic (exact) mass is 290 g/mol. The molecular weight excluding hydrogens is 276 g/mol. The molecule has 5 nitrogen and oxygen atoms in total. The molecular formula is C14H15ClN4O. The van der Waals surface area contributed by atoms with Gasteiger partial charge in [0.25, 0.3) is 5.91 Å². The van der Waals surface area contributed by atoms with E-state index in [4.69, 9.17) is 11.6 Å². The zero-order valence-corrected chi connectivity index (χ0v) is 11.8. The van der Waals surface area contributed by atoms with Crippen LogP contribution in [0.4, 0.5) is 0 Å². The molecule has 0 radical (unpaired) electrons. The van der Waals surface area contributed by atoms with Crippen molar-refractivity contribution in [2.45, 2.75) is 18.9 Å². The fourth-order valence-corrected chi connectivity index (χ4v) is 2.48. The van der Waals surface area contributed by atoms with Crippen LogP contribution in [0.15, 0.2) is 30.9 Å². The first-order valence-corrected chi connectivity index (χ1v) is 6.92. The van der Waals surface area contributed by atoms with Gasteiger partial charge in [0, 0.05) is 31.8 Å². The van der Waals surface area contributed by atoms with Crippen molar-refractivity contribution in [1.82, 2.24) is 19.9 Å². The summed E-state index contributed by atoms with van der Waals surface area (Å²) in [5.41, 5.74) is 0.446. The second kappa shape index (κ2) is 5.25. The lowest BCUT2D eigenvalue weighted by Crippen LogP contribution is -2.31. The number of imidazole rings is 1. The Hall–Kier alpha value is -1.88. The summed E-state index contributed by atoms with van der Waals surface area (Å²) in [7, 11) is 1.93. The van der Waals surface area contributed by atoms with Crippen LogP contribution in [0.25, 0.3) is 0 Å². The molecule has 1 atom stereocenters. The van der Waals surface area contributed by atoms with E-state index in [1.165, 1.54) is 6.20 Å². The summed E-state index contributed by atoms with van der Waals surface area (Å²) in [6.45, 7) is 0. The number of amides is 1. The minimum atomic E-state index is -0.183. The van der Waals surface area contributed by atoms with Crippen LogP contribution >= 0.6 is 11.6 Å². The number of aromatic nitrogens is 3. The smallest absolute Gasteiger partial charge is 0.253 e. The van der Waals surface area contributed by atoms with Gasteiger partial charge in [0.15, 0.2) is 0 Å². The van der Waals surface area contributed by atoms with Gasteiger partial charge >= 0.3 is 0 Å². The summed E-state index contributed by atoms with van der Waals surface area (Å²) in [4.78, 5) is 20.6. The van der Waals surface area contributed by atoms with Crippen molar-refractivity contribution in [3.63, 3.8) is 0 Å². The molecule has 1 amide bonds. The molecule has 0 aliphatic heterocycles. The number of aryl methyl sites for hydroxylation is 1. The molecule has 0 aromatic carbocycles. The Labute approximate surface area is 122 Å². The molecule has 6 heteroatoms. The maximum atomic E-state index is 12.4. The quantitative estimate of drug-likeness (QED) is 0.940. The number of rotatable bonds is 4. The minimum Gasteiger partial charge on any atom is -0.342 e. The summed E-state index contributed by atoms with van der Waals surface area (Å²) >= 11 is 6.01. The van der Waals surface area contributed by atoms with E-state index < -0.39 is 0 Å². The molecule has 0 saturated heterocycles. The summed E-state index contributed by atoms with van der Waals surface area (Å²) in [5, 5.41) is 3.41.